The topological polar surface area (TPSA) is 110 Å². The van der Waals surface area contributed by atoms with Gasteiger partial charge in [0.1, 0.15) is 6.04 Å². The van der Waals surface area contributed by atoms with Gasteiger partial charge >= 0.3 is 5.97 Å². The molecule has 7 heteroatoms. The van der Waals surface area contributed by atoms with Crippen molar-refractivity contribution in [1.29, 1.82) is 0 Å². The summed E-state index contributed by atoms with van der Waals surface area (Å²) in [4.78, 5) is 37.1. The Morgan fingerprint density at radius 1 is 1.19 bits per heavy atom. The SMILES string of the molecule is NC(=O)C1COCCN1C(=O)C1C2C=CC(C2)C1C(=O)O. The maximum Gasteiger partial charge on any atom is 0.307 e. The van der Waals surface area contributed by atoms with Crippen molar-refractivity contribution < 1.29 is 24.2 Å². The van der Waals surface area contributed by atoms with E-state index < -0.39 is 29.8 Å². The van der Waals surface area contributed by atoms with Gasteiger partial charge in [-0.3, -0.25) is 14.4 Å². The van der Waals surface area contributed by atoms with Gasteiger partial charge in [-0.05, 0) is 18.3 Å². The van der Waals surface area contributed by atoms with E-state index in [0.717, 1.165) is 0 Å². The number of carboxylic acid groups (broad SMARTS) is 1. The van der Waals surface area contributed by atoms with E-state index in [-0.39, 0.29) is 30.9 Å². The van der Waals surface area contributed by atoms with Gasteiger partial charge in [-0.15, -0.1) is 0 Å². The molecule has 1 saturated heterocycles. The number of rotatable bonds is 3. The van der Waals surface area contributed by atoms with Gasteiger partial charge in [0.2, 0.25) is 11.8 Å². The second kappa shape index (κ2) is 5.14. The van der Waals surface area contributed by atoms with Crippen LogP contribution in [0, 0.1) is 23.7 Å². The van der Waals surface area contributed by atoms with Crippen molar-refractivity contribution in [2.75, 3.05) is 19.8 Å². The molecule has 0 aromatic heterocycles. The Balaban J connectivity index is 1.85. The van der Waals surface area contributed by atoms with E-state index in [1.807, 2.05) is 12.2 Å². The number of carbonyl (C=O) groups excluding carboxylic acids is 2. The number of fused-ring (bicyclic) bond motifs is 2. The van der Waals surface area contributed by atoms with Crippen LogP contribution in [0.5, 0.6) is 0 Å². The zero-order valence-electron chi connectivity index (χ0n) is 11.5. The van der Waals surface area contributed by atoms with E-state index in [1.54, 1.807) is 0 Å². The summed E-state index contributed by atoms with van der Waals surface area (Å²) in [6.07, 6.45) is 4.50. The Bertz CT molecular complexity index is 517. The molecule has 2 bridgehead atoms. The molecule has 2 aliphatic carbocycles. The average Bonchev–Trinajstić information content (AvgIpc) is 3.06. The van der Waals surface area contributed by atoms with Crippen LogP contribution in [0.4, 0.5) is 0 Å². The molecule has 5 unspecified atom stereocenters. The van der Waals surface area contributed by atoms with Crippen LogP contribution in [0.1, 0.15) is 6.42 Å². The van der Waals surface area contributed by atoms with Gasteiger partial charge in [0, 0.05) is 6.54 Å². The number of aliphatic carboxylic acids is 1. The standard InChI is InChI=1S/C14H18N2O5/c15-12(17)9-6-21-4-3-16(9)13(18)10-7-1-2-8(5-7)11(10)14(19)20/h1-2,7-11H,3-6H2,(H2,15,17)(H,19,20). The fourth-order valence-electron chi connectivity index (χ4n) is 3.79. The highest BCUT2D eigenvalue weighted by Gasteiger charge is 2.53. The van der Waals surface area contributed by atoms with Gasteiger partial charge in [0.05, 0.1) is 25.0 Å². The quantitative estimate of drug-likeness (QED) is 0.664. The van der Waals surface area contributed by atoms with E-state index >= 15 is 0 Å². The molecule has 1 saturated carbocycles. The summed E-state index contributed by atoms with van der Waals surface area (Å²) in [5.41, 5.74) is 5.32. The first-order valence-corrected chi connectivity index (χ1v) is 7.09. The van der Waals surface area contributed by atoms with E-state index in [0.29, 0.717) is 13.0 Å². The lowest BCUT2D eigenvalue weighted by molar-refractivity contribution is -0.157. The van der Waals surface area contributed by atoms with Crippen LogP contribution in [0.25, 0.3) is 0 Å². The van der Waals surface area contributed by atoms with Crippen LogP contribution in [0.3, 0.4) is 0 Å². The van der Waals surface area contributed by atoms with Crippen molar-refractivity contribution >= 4 is 17.8 Å². The van der Waals surface area contributed by atoms with E-state index in [2.05, 4.69) is 0 Å². The molecule has 3 aliphatic rings. The highest BCUT2D eigenvalue weighted by atomic mass is 16.5. The van der Waals surface area contributed by atoms with Crippen molar-refractivity contribution in [3.05, 3.63) is 12.2 Å². The lowest BCUT2D eigenvalue weighted by Gasteiger charge is -2.37. The third-order valence-corrected chi connectivity index (χ3v) is 4.77. The van der Waals surface area contributed by atoms with Gasteiger partial charge in [-0.2, -0.15) is 0 Å². The minimum atomic E-state index is -0.950. The number of nitrogens with zero attached hydrogens (tertiary/aromatic N) is 1. The van der Waals surface area contributed by atoms with Crippen molar-refractivity contribution in [1.82, 2.24) is 4.90 Å². The number of hydrogen-bond donors (Lipinski definition) is 2. The molecule has 5 atom stereocenters. The molecule has 3 rings (SSSR count). The predicted octanol–water partition coefficient (Wildman–Crippen LogP) is -0.778. The molecule has 2 fully saturated rings. The van der Waals surface area contributed by atoms with E-state index in [9.17, 15) is 19.5 Å². The Kier molecular flexibility index (Phi) is 3.44. The smallest absolute Gasteiger partial charge is 0.307 e. The van der Waals surface area contributed by atoms with Crippen molar-refractivity contribution in [2.24, 2.45) is 29.4 Å². The predicted molar refractivity (Wildman–Crippen MR) is 70.9 cm³/mol. The van der Waals surface area contributed by atoms with Crippen molar-refractivity contribution in [3.63, 3.8) is 0 Å². The molecule has 0 aromatic carbocycles. The van der Waals surface area contributed by atoms with Crippen molar-refractivity contribution in [3.8, 4) is 0 Å². The van der Waals surface area contributed by atoms with Gasteiger partial charge < -0.3 is 20.5 Å². The van der Waals surface area contributed by atoms with Gasteiger partial charge in [-0.25, -0.2) is 0 Å². The Morgan fingerprint density at radius 2 is 1.86 bits per heavy atom. The fourth-order valence-corrected chi connectivity index (χ4v) is 3.79. The van der Waals surface area contributed by atoms with Gasteiger partial charge in [-0.1, -0.05) is 12.2 Å². The number of hydrogen-bond acceptors (Lipinski definition) is 4. The first-order valence-electron chi connectivity index (χ1n) is 7.09. The molecule has 1 heterocycles. The maximum atomic E-state index is 12.8. The normalized spacial score (nSPS) is 37.7. The average molecular weight is 294 g/mol. The first-order chi connectivity index (χ1) is 10.0. The monoisotopic (exact) mass is 294 g/mol. The molecule has 21 heavy (non-hydrogen) atoms. The molecular formula is C14H18N2O5. The molecule has 1 aliphatic heterocycles. The number of carboxylic acids is 1. The summed E-state index contributed by atoms with van der Waals surface area (Å²) >= 11 is 0. The zero-order valence-corrected chi connectivity index (χ0v) is 11.5. The fraction of sp³-hybridized carbons (Fsp3) is 0.643. The van der Waals surface area contributed by atoms with E-state index in [4.69, 9.17) is 10.5 Å². The molecule has 0 aromatic rings. The molecule has 0 spiro atoms. The Labute approximate surface area is 121 Å². The molecule has 0 radical (unpaired) electrons. The second-order valence-electron chi connectivity index (χ2n) is 5.86. The molecular weight excluding hydrogens is 276 g/mol. The number of allylic oxidation sites excluding steroid dienone is 2. The van der Waals surface area contributed by atoms with Crippen LogP contribution in [-0.4, -0.2) is 53.6 Å². The third-order valence-electron chi connectivity index (χ3n) is 4.77. The largest absolute Gasteiger partial charge is 0.481 e. The van der Waals surface area contributed by atoms with Crippen molar-refractivity contribution in [2.45, 2.75) is 12.5 Å². The lowest BCUT2D eigenvalue weighted by Crippen LogP contribution is -2.57. The van der Waals surface area contributed by atoms with Crippen LogP contribution in [-0.2, 0) is 19.1 Å². The molecule has 114 valence electrons. The molecule has 3 N–H and O–H groups in total. The molecule has 2 amide bonds. The number of ether oxygens (including phenoxy) is 1. The zero-order chi connectivity index (χ0) is 15.1. The number of carbonyl (C=O) groups is 3. The van der Waals surface area contributed by atoms with Crippen LogP contribution in [0.15, 0.2) is 12.2 Å². The second-order valence-corrected chi connectivity index (χ2v) is 5.86. The van der Waals surface area contributed by atoms with Crippen LogP contribution >= 0.6 is 0 Å². The number of primary amides is 1. The molecule has 7 nitrogen and oxygen atoms in total. The summed E-state index contributed by atoms with van der Waals surface area (Å²) in [6, 6.07) is -0.802. The lowest BCUT2D eigenvalue weighted by atomic mass is 9.81. The third kappa shape index (κ3) is 2.21. The minimum absolute atomic E-state index is 0.0556. The Morgan fingerprint density at radius 3 is 2.48 bits per heavy atom. The number of nitrogens with two attached hydrogens (primary N) is 1. The van der Waals surface area contributed by atoms with Gasteiger partial charge in [0.25, 0.3) is 0 Å². The maximum absolute atomic E-state index is 12.8. The number of morpholine rings is 1. The van der Waals surface area contributed by atoms with Crippen LogP contribution < -0.4 is 5.73 Å². The summed E-state index contributed by atoms with van der Waals surface area (Å²) in [5, 5.41) is 9.41. The van der Waals surface area contributed by atoms with Crippen LogP contribution in [0.2, 0.25) is 0 Å². The summed E-state index contributed by atoms with van der Waals surface area (Å²) in [5.74, 6) is -3.30. The summed E-state index contributed by atoms with van der Waals surface area (Å²) in [6.45, 7) is 0.690. The van der Waals surface area contributed by atoms with E-state index in [1.165, 1.54) is 4.90 Å². The van der Waals surface area contributed by atoms with Gasteiger partial charge in [0.15, 0.2) is 0 Å². The first kappa shape index (κ1) is 14.1. The summed E-state index contributed by atoms with van der Waals surface area (Å²) in [7, 11) is 0. The minimum Gasteiger partial charge on any atom is -0.481 e. The summed E-state index contributed by atoms with van der Waals surface area (Å²) < 4.78 is 5.20. The highest BCUT2D eigenvalue weighted by molar-refractivity contribution is 5.91. The Hall–Kier alpha value is -1.89. The number of amides is 2. The highest BCUT2D eigenvalue weighted by Crippen LogP contribution is 2.49.